The van der Waals surface area contributed by atoms with E-state index in [-0.39, 0.29) is 12.0 Å². The molecule has 1 aromatic heterocycles. The fourth-order valence-corrected chi connectivity index (χ4v) is 3.54. The molecule has 144 valence electrons. The van der Waals surface area contributed by atoms with Gasteiger partial charge in [0.05, 0.1) is 19.8 Å². The summed E-state index contributed by atoms with van der Waals surface area (Å²) >= 11 is 0. The molecule has 0 radical (unpaired) electrons. The second kappa shape index (κ2) is 9.37. The monoisotopic (exact) mass is 369 g/mol. The number of hydrogen-bond donors (Lipinski definition) is 1. The van der Waals surface area contributed by atoms with Gasteiger partial charge < -0.3 is 14.8 Å². The van der Waals surface area contributed by atoms with Crippen LogP contribution in [0, 0.1) is 0 Å². The number of likely N-dealkylation sites (tertiary alicyclic amines) is 1. The van der Waals surface area contributed by atoms with Crippen LogP contribution in [-0.4, -0.2) is 49.2 Å². The van der Waals surface area contributed by atoms with Gasteiger partial charge in [-0.15, -0.1) is 0 Å². The second-order valence-corrected chi connectivity index (χ2v) is 6.50. The predicted octanol–water partition coefficient (Wildman–Crippen LogP) is 3.52. The summed E-state index contributed by atoms with van der Waals surface area (Å²) < 4.78 is 10.7. The Morgan fingerprint density at radius 3 is 2.74 bits per heavy atom. The molecule has 1 fully saturated rings. The number of nitrogens with zero attached hydrogens (tertiary/aromatic N) is 2. The molecule has 1 unspecified atom stereocenters. The lowest BCUT2D eigenvalue weighted by Crippen LogP contribution is -2.31. The summed E-state index contributed by atoms with van der Waals surface area (Å²) in [6, 6.07) is 11.7. The number of nitrogens with one attached hydrogen (secondary N) is 1. The van der Waals surface area contributed by atoms with Crippen molar-refractivity contribution in [1.82, 2.24) is 9.88 Å². The van der Waals surface area contributed by atoms with Crippen molar-refractivity contribution in [3.05, 3.63) is 53.7 Å². The minimum absolute atomic E-state index is 0.140. The lowest BCUT2D eigenvalue weighted by Gasteiger charge is -2.29. The molecule has 2 heterocycles. The van der Waals surface area contributed by atoms with Gasteiger partial charge in [-0.05, 0) is 51.1 Å². The van der Waals surface area contributed by atoms with Crippen molar-refractivity contribution in [2.24, 2.45) is 0 Å². The van der Waals surface area contributed by atoms with Crippen LogP contribution in [0.3, 0.4) is 0 Å². The molecule has 6 nitrogen and oxygen atoms in total. The Hall–Kier alpha value is -2.60. The van der Waals surface area contributed by atoms with Crippen LogP contribution in [0.4, 0.5) is 5.82 Å². The molecule has 1 aromatic carbocycles. The third-order valence-corrected chi connectivity index (χ3v) is 4.85. The summed E-state index contributed by atoms with van der Waals surface area (Å²) in [5, 5.41) is 3.37. The highest BCUT2D eigenvalue weighted by Gasteiger charge is 2.26. The van der Waals surface area contributed by atoms with Gasteiger partial charge in [-0.2, -0.15) is 0 Å². The van der Waals surface area contributed by atoms with E-state index < -0.39 is 0 Å². The van der Waals surface area contributed by atoms with Gasteiger partial charge in [-0.25, -0.2) is 9.78 Å². The van der Waals surface area contributed by atoms with Gasteiger partial charge in [0.1, 0.15) is 17.1 Å². The first-order valence-corrected chi connectivity index (χ1v) is 9.47. The summed E-state index contributed by atoms with van der Waals surface area (Å²) in [6.07, 6.45) is 4.08. The fourth-order valence-electron chi connectivity index (χ4n) is 3.54. The van der Waals surface area contributed by atoms with E-state index in [0.717, 1.165) is 24.4 Å². The molecule has 1 aliphatic heterocycles. The molecule has 0 aliphatic carbocycles. The van der Waals surface area contributed by atoms with E-state index in [4.69, 9.17) is 9.47 Å². The van der Waals surface area contributed by atoms with E-state index in [1.807, 2.05) is 18.2 Å². The third kappa shape index (κ3) is 4.57. The molecular formula is C21H27N3O3. The quantitative estimate of drug-likeness (QED) is 0.719. The summed E-state index contributed by atoms with van der Waals surface area (Å²) in [4.78, 5) is 19.0. The number of aromatic nitrogens is 1. The number of rotatable bonds is 8. The normalized spacial score (nSPS) is 15.3. The molecule has 0 amide bonds. The number of anilines is 1. The number of para-hydroxylation sites is 1. The van der Waals surface area contributed by atoms with Crippen LogP contribution in [0.25, 0.3) is 0 Å². The van der Waals surface area contributed by atoms with E-state index >= 15 is 0 Å². The van der Waals surface area contributed by atoms with Crippen LogP contribution < -0.4 is 10.1 Å². The lowest BCUT2D eigenvalue weighted by atomic mass is 10.0. The molecular weight excluding hydrogens is 342 g/mol. The predicted molar refractivity (Wildman–Crippen MR) is 105 cm³/mol. The Labute approximate surface area is 160 Å². The van der Waals surface area contributed by atoms with E-state index in [2.05, 4.69) is 21.3 Å². The maximum atomic E-state index is 12.2. The highest BCUT2D eigenvalue weighted by molar-refractivity contribution is 5.94. The number of hydrogen-bond acceptors (Lipinski definition) is 6. The zero-order chi connectivity index (χ0) is 19.1. The number of benzene rings is 1. The van der Waals surface area contributed by atoms with Crippen LogP contribution in [0.2, 0.25) is 0 Å². The summed E-state index contributed by atoms with van der Waals surface area (Å²) in [5.41, 5.74) is 1.60. The lowest BCUT2D eigenvalue weighted by molar-refractivity contribution is 0.0527. The maximum Gasteiger partial charge on any atom is 0.341 e. The zero-order valence-corrected chi connectivity index (χ0v) is 16.0. The molecule has 1 saturated heterocycles. The Morgan fingerprint density at radius 2 is 2.00 bits per heavy atom. The van der Waals surface area contributed by atoms with Crippen molar-refractivity contribution < 1.29 is 14.3 Å². The number of methoxy groups -OCH3 is 1. The Bertz CT molecular complexity index is 760. The smallest absolute Gasteiger partial charge is 0.341 e. The molecule has 3 rings (SSSR count). The van der Waals surface area contributed by atoms with E-state index in [0.29, 0.717) is 24.5 Å². The molecule has 0 bridgehead atoms. The Balaban J connectivity index is 1.83. The fraction of sp³-hybridized carbons (Fsp3) is 0.429. The van der Waals surface area contributed by atoms with Crippen molar-refractivity contribution in [3.8, 4) is 5.75 Å². The molecule has 6 heteroatoms. The first-order valence-electron chi connectivity index (χ1n) is 9.47. The number of esters is 1. The Kier molecular flexibility index (Phi) is 6.65. The topological polar surface area (TPSA) is 63.7 Å². The molecule has 1 aliphatic rings. The van der Waals surface area contributed by atoms with Crippen LogP contribution >= 0.6 is 0 Å². The zero-order valence-electron chi connectivity index (χ0n) is 16.0. The molecule has 0 saturated carbocycles. The number of carbonyl (C=O) groups is 1. The molecule has 2 aromatic rings. The van der Waals surface area contributed by atoms with E-state index in [1.54, 1.807) is 32.4 Å². The SMILES string of the molecule is CCOC(=O)c1cccnc1NCC(c1ccccc1OC)N1CCCC1. The van der Waals surface area contributed by atoms with E-state index in [9.17, 15) is 4.79 Å². The number of ether oxygens (including phenoxy) is 2. The Morgan fingerprint density at radius 1 is 1.22 bits per heavy atom. The highest BCUT2D eigenvalue weighted by Crippen LogP contribution is 2.32. The van der Waals surface area contributed by atoms with Crippen molar-refractivity contribution >= 4 is 11.8 Å². The van der Waals surface area contributed by atoms with Crippen molar-refractivity contribution in [1.29, 1.82) is 0 Å². The summed E-state index contributed by atoms with van der Waals surface area (Å²) in [6.45, 7) is 4.87. The van der Waals surface area contributed by atoms with Crippen LogP contribution in [0.15, 0.2) is 42.6 Å². The first-order chi connectivity index (χ1) is 13.2. The number of pyridine rings is 1. The van der Waals surface area contributed by atoms with Gasteiger partial charge in [0, 0.05) is 18.3 Å². The standard InChI is InChI=1S/C21H27N3O3/c1-3-27-21(25)17-10-8-12-22-20(17)23-15-18(24-13-6-7-14-24)16-9-4-5-11-19(16)26-2/h4-5,8-12,18H,3,6-7,13-15H2,1-2H3,(H,22,23). The second-order valence-electron chi connectivity index (χ2n) is 6.50. The van der Waals surface area contributed by atoms with Crippen molar-refractivity contribution in [2.75, 3.05) is 38.7 Å². The molecule has 1 atom stereocenters. The number of carbonyl (C=O) groups excluding carboxylic acids is 1. The first kappa shape index (κ1) is 19.2. The van der Waals surface area contributed by atoms with E-state index in [1.165, 1.54) is 12.8 Å². The van der Waals surface area contributed by atoms with Gasteiger partial charge in [0.2, 0.25) is 0 Å². The molecule has 27 heavy (non-hydrogen) atoms. The minimum atomic E-state index is -0.358. The largest absolute Gasteiger partial charge is 0.496 e. The van der Waals surface area contributed by atoms with Gasteiger partial charge in [-0.1, -0.05) is 18.2 Å². The maximum absolute atomic E-state index is 12.2. The molecule has 0 spiro atoms. The van der Waals surface area contributed by atoms with Gasteiger partial charge in [-0.3, -0.25) is 4.90 Å². The average molecular weight is 369 g/mol. The summed E-state index contributed by atoms with van der Waals surface area (Å²) in [5.74, 6) is 1.07. The van der Waals surface area contributed by atoms with Crippen molar-refractivity contribution in [2.45, 2.75) is 25.8 Å². The molecule has 1 N–H and O–H groups in total. The van der Waals surface area contributed by atoms with Crippen LogP contribution in [0.5, 0.6) is 5.75 Å². The average Bonchev–Trinajstić information content (AvgIpc) is 3.23. The van der Waals surface area contributed by atoms with Crippen LogP contribution in [-0.2, 0) is 4.74 Å². The summed E-state index contributed by atoms with van der Waals surface area (Å²) in [7, 11) is 1.70. The van der Waals surface area contributed by atoms with Gasteiger partial charge in [0.15, 0.2) is 0 Å². The third-order valence-electron chi connectivity index (χ3n) is 4.85. The van der Waals surface area contributed by atoms with Crippen LogP contribution in [0.1, 0.15) is 41.7 Å². The van der Waals surface area contributed by atoms with Gasteiger partial charge in [0.25, 0.3) is 0 Å². The highest BCUT2D eigenvalue weighted by atomic mass is 16.5. The van der Waals surface area contributed by atoms with Gasteiger partial charge >= 0.3 is 5.97 Å². The van der Waals surface area contributed by atoms with Crippen molar-refractivity contribution in [3.63, 3.8) is 0 Å². The minimum Gasteiger partial charge on any atom is -0.496 e.